The summed E-state index contributed by atoms with van der Waals surface area (Å²) >= 11 is 0. The molecule has 0 saturated carbocycles. The predicted octanol–water partition coefficient (Wildman–Crippen LogP) is 3.98. The molecule has 0 saturated heterocycles. The maximum Gasteiger partial charge on any atom is 0.315 e. The zero-order chi connectivity index (χ0) is 20.5. The van der Waals surface area contributed by atoms with Gasteiger partial charge in [0.1, 0.15) is 11.9 Å². The summed E-state index contributed by atoms with van der Waals surface area (Å²) in [5.41, 5.74) is 2.93. The molecule has 6 heteroatoms. The molecule has 0 radical (unpaired) electrons. The molecule has 3 N–H and O–H groups in total. The van der Waals surface area contributed by atoms with Crippen LogP contribution in [-0.2, 0) is 11.3 Å². The van der Waals surface area contributed by atoms with E-state index in [2.05, 4.69) is 16.0 Å². The van der Waals surface area contributed by atoms with Crippen molar-refractivity contribution in [1.82, 2.24) is 16.0 Å². The lowest BCUT2D eigenvalue weighted by Crippen LogP contribution is -2.50. The summed E-state index contributed by atoms with van der Waals surface area (Å²) in [6, 6.07) is 12.6. The van der Waals surface area contributed by atoms with Crippen molar-refractivity contribution in [3.63, 3.8) is 0 Å². The quantitative estimate of drug-likeness (QED) is 0.643. The number of urea groups is 1. The topological polar surface area (TPSA) is 70.2 Å². The molecule has 2 aromatic carbocycles. The van der Waals surface area contributed by atoms with Crippen molar-refractivity contribution in [2.45, 2.75) is 52.2 Å². The summed E-state index contributed by atoms with van der Waals surface area (Å²) in [4.78, 5) is 24.9. The molecule has 150 valence electrons. The van der Waals surface area contributed by atoms with Crippen molar-refractivity contribution >= 4 is 11.9 Å². The summed E-state index contributed by atoms with van der Waals surface area (Å²) in [5.74, 6) is -0.537. The molecule has 28 heavy (non-hydrogen) atoms. The van der Waals surface area contributed by atoms with E-state index in [1.54, 1.807) is 12.1 Å². The van der Waals surface area contributed by atoms with E-state index in [1.807, 2.05) is 45.0 Å². The first-order valence-electron chi connectivity index (χ1n) is 9.55. The van der Waals surface area contributed by atoms with Gasteiger partial charge in [0.05, 0.1) is 6.04 Å². The number of hydrogen-bond acceptors (Lipinski definition) is 2. The van der Waals surface area contributed by atoms with Gasteiger partial charge in [-0.15, -0.1) is 0 Å². The molecule has 2 rings (SSSR count). The lowest BCUT2D eigenvalue weighted by Gasteiger charge is -2.22. The second-order valence-corrected chi connectivity index (χ2v) is 6.88. The van der Waals surface area contributed by atoms with Crippen LogP contribution in [0.15, 0.2) is 48.5 Å². The van der Waals surface area contributed by atoms with Gasteiger partial charge in [-0.2, -0.15) is 0 Å². The number of nitrogens with one attached hydrogen (secondary N) is 3. The molecule has 0 fully saturated rings. The smallest absolute Gasteiger partial charge is 0.315 e. The third-order valence-corrected chi connectivity index (χ3v) is 4.58. The molecule has 5 nitrogen and oxygen atoms in total. The van der Waals surface area contributed by atoms with Gasteiger partial charge in [-0.05, 0) is 49.1 Å². The summed E-state index contributed by atoms with van der Waals surface area (Å²) in [6.07, 6.45) is 1.30. The Labute approximate surface area is 165 Å². The lowest BCUT2D eigenvalue weighted by molar-refractivity contribution is -0.123. The molecule has 2 aromatic rings. The minimum Gasteiger partial charge on any atom is -0.348 e. The molecule has 0 aliphatic rings. The number of carbonyl (C=O) groups excluding carboxylic acids is 2. The SMILES string of the molecule is CCC[C@@H](NC(=O)NCc1ccc(F)cc1)C(=O)N[C@@H](C)c1ccccc1C. The van der Waals surface area contributed by atoms with Crippen molar-refractivity contribution in [3.8, 4) is 0 Å². The van der Waals surface area contributed by atoms with Crippen LogP contribution in [0.3, 0.4) is 0 Å². The first-order chi connectivity index (χ1) is 13.4. The molecule has 3 amide bonds. The predicted molar refractivity (Wildman–Crippen MR) is 108 cm³/mol. The van der Waals surface area contributed by atoms with Crippen LogP contribution in [0.4, 0.5) is 9.18 Å². The van der Waals surface area contributed by atoms with Gasteiger partial charge in [-0.3, -0.25) is 4.79 Å². The molecule has 0 aliphatic heterocycles. The third kappa shape index (κ3) is 6.37. The van der Waals surface area contributed by atoms with E-state index < -0.39 is 12.1 Å². The van der Waals surface area contributed by atoms with E-state index in [0.29, 0.717) is 6.42 Å². The Hall–Kier alpha value is -2.89. The van der Waals surface area contributed by atoms with Gasteiger partial charge in [0.25, 0.3) is 0 Å². The molecule has 0 spiro atoms. The average Bonchev–Trinajstić information content (AvgIpc) is 2.67. The van der Waals surface area contributed by atoms with E-state index in [4.69, 9.17) is 0 Å². The first kappa shape index (κ1) is 21.4. The highest BCUT2D eigenvalue weighted by atomic mass is 19.1. The van der Waals surface area contributed by atoms with Crippen molar-refractivity contribution in [1.29, 1.82) is 0 Å². The van der Waals surface area contributed by atoms with Gasteiger partial charge in [-0.25, -0.2) is 9.18 Å². The van der Waals surface area contributed by atoms with E-state index in [-0.39, 0.29) is 24.3 Å². The highest BCUT2D eigenvalue weighted by molar-refractivity contribution is 5.87. The molecule has 0 aromatic heterocycles. The Bertz CT molecular complexity index is 793. The highest BCUT2D eigenvalue weighted by Crippen LogP contribution is 2.17. The number of rotatable bonds is 8. The third-order valence-electron chi connectivity index (χ3n) is 4.58. The molecular weight excluding hydrogens is 357 g/mol. The summed E-state index contributed by atoms with van der Waals surface area (Å²) in [5, 5.41) is 8.42. The molecule has 2 atom stereocenters. The van der Waals surface area contributed by atoms with Crippen LogP contribution in [0.25, 0.3) is 0 Å². The van der Waals surface area contributed by atoms with Crippen LogP contribution >= 0.6 is 0 Å². The van der Waals surface area contributed by atoms with Crippen LogP contribution in [0.5, 0.6) is 0 Å². The summed E-state index contributed by atoms with van der Waals surface area (Å²) in [7, 11) is 0. The lowest BCUT2D eigenvalue weighted by atomic mass is 10.0. The van der Waals surface area contributed by atoms with Crippen molar-refractivity contribution in [2.24, 2.45) is 0 Å². The van der Waals surface area contributed by atoms with Crippen molar-refractivity contribution in [2.75, 3.05) is 0 Å². The van der Waals surface area contributed by atoms with E-state index in [9.17, 15) is 14.0 Å². The molecule has 0 bridgehead atoms. The fourth-order valence-electron chi connectivity index (χ4n) is 3.02. The number of carbonyl (C=O) groups is 2. The summed E-state index contributed by atoms with van der Waals surface area (Å²) in [6.45, 7) is 6.15. The van der Waals surface area contributed by atoms with Gasteiger partial charge in [0.15, 0.2) is 0 Å². The number of hydrogen-bond donors (Lipinski definition) is 3. The van der Waals surface area contributed by atoms with Crippen LogP contribution in [0, 0.1) is 12.7 Å². The van der Waals surface area contributed by atoms with Crippen LogP contribution in [0.1, 0.15) is 49.4 Å². The minimum atomic E-state index is -0.621. The second kappa shape index (κ2) is 10.4. The fraction of sp³-hybridized carbons (Fsp3) is 0.364. The monoisotopic (exact) mass is 385 g/mol. The largest absolute Gasteiger partial charge is 0.348 e. The molecule has 0 aliphatic carbocycles. The number of benzene rings is 2. The maximum atomic E-state index is 12.9. The van der Waals surface area contributed by atoms with E-state index in [1.165, 1.54) is 12.1 Å². The van der Waals surface area contributed by atoms with Gasteiger partial charge < -0.3 is 16.0 Å². The Kier molecular flexibility index (Phi) is 7.99. The minimum absolute atomic E-state index is 0.155. The Morgan fingerprint density at radius 2 is 1.71 bits per heavy atom. The van der Waals surface area contributed by atoms with Crippen LogP contribution in [0.2, 0.25) is 0 Å². The standard InChI is InChI=1S/C22H28FN3O2/c1-4-7-20(21(27)25-16(3)19-9-6-5-8-15(19)2)26-22(28)24-14-17-10-12-18(23)13-11-17/h5-6,8-13,16,20H,4,7,14H2,1-3H3,(H,25,27)(H2,24,26,28)/t16-,20+/m0/s1. The number of halogens is 1. The van der Waals surface area contributed by atoms with Crippen molar-refractivity contribution < 1.29 is 14.0 Å². The molecule has 0 heterocycles. The second-order valence-electron chi connectivity index (χ2n) is 6.88. The normalized spacial score (nSPS) is 12.7. The Morgan fingerprint density at radius 3 is 2.36 bits per heavy atom. The maximum absolute atomic E-state index is 12.9. The van der Waals surface area contributed by atoms with Crippen molar-refractivity contribution in [3.05, 3.63) is 71.0 Å². The average molecular weight is 385 g/mol. The number of aryl methyl sites for hydroxylation is 1. The Balaban J connectivity index is 1.91. The van der Waals surface area contributed by atoms with Crippen LogP contribution < -0.4 is 16.0 Å². The van der Waals surface area contributed by atoms with Gasteiger partial charge in [-0.1, -0.05) is 49.7 Å². The van der Waals surface area contributed by atoms with Crippen LogP contribution in [-0.4, -0.2) is 18.0 Å². The number of amides is 3. The van der Waals surface area contributed by atoms with E-state index >= 15 is 0 Å². The van der Waals surface area contributed by atoms with E-state index in [0.717, 1.165) is 23.1 Å². The zero-order valence-electron chi connectivity index (χ0n) is 16.6. The molecule has 0 unspecified atom stereocenters. The fourth-order valence-corrected chi connectivity index (χ4v) is 3.02. The van der Waals surface area contributed by atoms with Gasteiger partial charge >= 0.3 is 6.03 Å². The summed E-state index contributed by atoms with van der Waals surface area (Å²) < 4.78 is 12.9. The zero-order valence-corrected chi connectivity index (χ0v) is 16.6. The molecular formula is C22H28FN3O2. The highest BCUT2D eigenvalue weighted by Gasteiger charge is 2.22. The van der Waals surface area contributed by atoms with Gasteiger partial charge in [0.2, 0.25) is 5.91 Å². The first-order valence-corrected chi connectivity index (χ1v) is 9.55. The van der Waals surface area contributed by atoms with Gasteiger partial charge in [0, 0.05) is 6.54 Å². The Morgan fingerprint density at radius 1 is 1.04 bits per heavy atom.